The molecule has 0 spiro atoms. The molecule has 1 aliphatic heterocycles. The fourth-order valence-corrected chi connectivity index (χ4v) is 2.76. The number of allylic oxidation sites excluding steroid dienone is 4. The molecule has 0 unspecified atom stereocenters. The van der Waals surface area contributed by atoms with E-state index < -0.39 is 0 Å². The Morgan fingerprint density at radius 2 is 1.84 bits per heavy atom. The highest BCUT2D eigenvalue weighted by Crippen LogP contribution is 2.26. The Morgan fingerprint density at radius 3 is 2.47 bits per heavy atom. The first-order chi connectivity index (χ1) is 8.95. The summed E-state index contributed by atoms with van der Waals surface area (Å²) in [6.07, 6.45) is 6.04. The Bertz CT molecular complexity index is 472. The van der Waals surface area contributed by atoms with Crippen LogP contribution in [0, 0.1) is 11.8 Å². The predicted molar refractivity (Wildman–Crippen MR) is 71.1 cm³/mol. The fourth-order valence-electron chi connectivity index (χ4n) is 2.76. The van der Waals surface area contributed by atoms with Gasteiger partial charge in [0.2, 0.25) is 11.8 Å². The normalized spacial score (nSPS) is 27.5. The second-order valence-electron chi connectivity index (χ2n) is 5.57. The number of amides is 2. The number of rotatable bonds is 2. The molecule has 4 heteroatoms. The van der Waals surface area contributed by atoms with Crippen molar-refractivity contribution in [3.8, 4) is 0 Å². The Balaban J connectivity index is 2.02. The summed E-state index contributed by atoms with van der Waals surface area (Å²) in [5, 5.41) is 2.30. The summed E-state index contributed by atoms with van der Waals surface area (Å²) in [4.78, 5) is 34.5. The summed E-state index contributed by atoms with van der Waals surface area (Å²) in [6, 6.07) is 0. The molecule has 0 aromatic heterocycles. The number of carbonyl (C=O) groups excluding carboxylic acids is 3. The van der Waals surface area contributed by atoms with E-state index in [4.69, 9.17) is 0 Å². The molecule has 2 aliphatic rings. The van der Waals surface area contributed by atoms with Crippen LogP contribution in [0.4, 0.5) is 0 Å². The van der Waals surface area contributed by atoms with Gasteiger partial charge < -0.3 is 0 Å². The van der Waals surface area contributed by atoms with Crippen molar-refractivity contribution in [1.29, 1.82) is 0 Å². The van der Waals surface area contributed by atoms with E-state index in [1.165, 1.54) is 0 Å². The highest BCUT2D eigenvalue weighted by molar-refractivity contribution is 6.08. The third kappa shape index (κ3) is 3.40. The lowest BCUT2D eigenvalue weighted by molar-refractivity contribution is -0.134. The van der Waals surface area contributed by atoms with E-state index in [1.807, 2.05) is 19.1 Å². The Hall–Kier alpha value is -1.71. The lowest BCUT2D eigenvalue weighted by Crippen LogP contribution is -2.38. The van der Waals surface area contributed by atoms with Crippen LogP contribution in [-0.4, -0.2) is 17.6 Å². The van der Waals surface area contributed by atoms with Crippen molar-refractivity contribution < 1.29 is 14.4 Å². The van der Waals surface area contributed by atoms with Gasteiger partial charge in [-0.1, -0.05) is 19.1 Å². The first-order valence-corrected chi connectivity index (χ1v) is 6.70. The van der Waals surface area contributed by atoms with Crippen molar-refractivity contribution in [2.45, 2.75) is 39.5 Å². The summed E-state index contributed by atoms with van der Waals surface area (Å²) in [5.41, 5.74) is 1.62. The zero-order chi connectivity index (χ0) is 14.0. The molecule has 0 bridgehead atoms. The molecule has 4 nitrogen and oxygen atoms in total. The van der Waals surface area contributed by atoms with Gasteiger partial charge in [0.15, 0.2) is 5.78 Å². The van der Waals surface area contributed by atoms with Crippen molar-refractivity contribution in [3.05, 3.63) is 23.3 Å². The summed E-state index contributed by atoms with van der Waals surface area (Å²) >= 11 is 0. The second kappa shape index (κ2) is 5.51. The topological polar surface area (TPSA) is 63.2 Å². The smallest absolute Gasteiger partial charge is 0.226 e. The first kappa shape index (κ1) is 13.7. The molecule has 1 atom stereocenters. The minimum atomic E-state index is -0.209. The third-order valence-electron chi connectivity index (χ3n) is 3.65. The molecule has 1 aliphatic carbocycles. The van der Waals surface area contributed by atoms with E-state index in [-0.39, 0.29) is 23.5 Å². The molecule has 102 valence electrons. The zero-order valence-corrected chi connectivity index (χ0v) is 11.4. The summed E-state index contributed by atoms with van der Waals surface area (Å²) in [7, 11) is 0. The molecular weight excluding hydrogens is 242 g/mol. The Labute approximate surface area is 112 Å². The number of hydrogen-bond acceptors (Lipinski definition) is 3. The zero-order valence-electron chi connectivity index (χ0n) is 11.4. The van der Waals surface area contributed by atoms with E-state index in [9.17, 15) is 14.4 Å². The lowest BCUT2D eigenvalue weighted by Gasteiger charge is -2.21. The second-order valence-corrected chi connectivity index (χ2v) is 5.57. The van der Waals surface area contributed by atoms with Gasteiger partial charge in [-0.25, -0.2) is 0 Å². The van der Waals surface area contributed by atoms with E-state index in [0.717, 1.165) is 17.6 Å². The van der Waals surface area contributed by atoms with Crippen molar-refractivity contribution in [1.82, 2.24) is 5.32 Å². The maximum atomic E-state index is 12.0. The predicted octanol–water partition coefficient (Wildman–Crippen LogP) is 1.91. The molecule has 0 radical (unpaired) electrons. The van der Waals surface area contributed by atoms with Gasteiger partial charge in [-0.05, 0) is 42.7 Å². The van der Waals surface area contributed by atoms with Gasteiger partial charge in [0.05, 0.1) is 0 Å². The number of Topliss-reactive ketones (excluding diaryl/α,β-unsaturated/α-hetero) is 1. The molecule has 1 fully saturated rings. The van der Waals surface area contributed by atoms with Crippen LogP contribution in [-0.2, 0) is 14.4 Å². The van der Waals surface area contributed by atoms with Gasteiger partial charge in [-0.15, -0.1) is 0 Å². The summed E-state index contributed by atoms with van der Waals surface area (Å²) in [6.45, 7) is 3.92. The van der Waals surface area contributed by atoms with Gasteiger partial charge in [0, 0.05) is 12.8 Å². The van der Waals surface area contributed by atoms with Crippen molar-refractivity contribution in [3.63, 3.8) is 0 Å². The van der Waals surface area contributed by atoms with Crippen LogP contribution in [0.25, 0.3) is 0 Å². The van der Waals surface area contributed by atoms with Gasteiger partial charge in [0.1, 0.15) is 0 Å². The van der Waals surface area contributed by atoms with Gasteiger partial charge in [-0.3, -0.25) is 19.7 Å². The Morgan fingerprint density at radius 1 is 1.21 bits per heavy atom. The number of piperidine rings is 1. The van der Waals surface area contributed by atoms with Crippen LogP contribution >= 0.6 is 0 Å². The maximum absolute atomic E-state index is 12.0. The highest BCUT2D eigenvalue weighted by Gasteiger charge is 2.25. The van der Waals surface area contributed by atoms with E-state index in [2.05, 4.69) is 12.2 Å². The third-order valence-corrected chi connectivity index (χ3v) is 3.65. The molecule has 1 N–H and O–H groups in total. The number of imide groups is 1. The lowest BCUT2D eigenvalue weighted by atomic mass is 9.85. The fraction of sp³-hybridized carbons (Fsp3) is 0.533. The molecule has 0 saturated carbocycles. The molecule has 2 rings (SSSR count). The SMILES string of the molecule is CC1=C[C@H](C)C/C(=C\CC2CC(=O)NC(=O)C2)C1=O. The minimum absolute atomic E-state index is 0.0306. The maximum Gasteiger partial charge on any atom is 0.226 e. The highest BCUT2D eigenvalue weighted by atomic mass is 16.2. The number of hydrogen-bond donors (Lipinski definition) is 1. The first-order valence-electron chi connectivity index (χ1n) is 6.70. The van der Waals surface area contributed by atoms with Crippen LogP contribution in [0.5, 0.6) is 0 Å². The Kier molecular flexibility index (Phi) is 3.98. The van der Waals surface area contributed by atoms with Crippen LogP contribution < -0.4 is 5.32 Å². The van der Waals surface area contributed by atoms with Gasteiger partial charge in [-0.2, -0.15) is 0 Å². The molecule has 19 heavy (non-hydrogen) atoms. The van der Waals surface area contributed by atoms with Crippen molar-refractivity contribution in [2.75, 3.05) is 0 Å². The molecular formula is C15H19NO3. The summed E-state index contributed by atoms with van der Waals surface area (Å²) in [5.74, 6) is 0.0890. The standard InChI is InChI=1S/C15H19NO3/c1-9-5-10(2)15(19)12(6-9)4-3-11-7-13(17)16-14(18)8-11/h4-5,9,11H,3,6-8H2,1-2H3,(H,16,17,18)/b12-4+/t9-/m0/s1. The molecule has 1 heterocycles. The number of nitrogens with one attached hydrogen (secondary N) is 1. The van der Waals surface area contributed by atoms with Crippen LogP contribution in [0.15, 0.2) is 23.3 Å². The average molecular weight is 261 g/mol. The monoisotopic (exact) mass is 261 g/mol. The van der Waals surface area contributed by atoms with Crippen molar-refractivity contribution >= 4 is 17.6 Å². The van der Waals surface area contributed by atoms with Crippen LogP contribution in [0.3, 0.4) is 0 Å². The quantitative estimate of drug-likeness (QED) is 0.610. The average Bonchev–Trinajstić information content (AvgIpc) is 2.30. The van der Waals surface area contributed by atoms with Gasteiger partial charge >= 0.3 is 0 Å². The van der Waals surface area contributed by atoms with E-state index >= 15 is 0 Å². The molecule has 0 aromatic rings. The summed E-state index contributed by atoms with van der Waals surface area (Å²) < 4.78 is 0. The van der Waals surface area contributed by atoms with Crippen LogP contribution in [0.2, 0.25) is 0 Å². The molecule has 1 saturated heterocycles. The van der Waals surface area contributed by atoms with Gasteiger partial charge in [0.25, 0.3) is 0 Å². The van der Waals surface area contributed by atoms with Crippen molar-refractivity contribution in [2.24, 2.45) is 11.8 Å². The van der Waals surface area contributed by atoms with Crippen LogP contribution in [0.1, 0.15) is 39.5 Å². The number of carbonyl (C=O) groups is 3. The molecule has 2 amide bonds. The largest absolute Gasteiger partial charge is 0.296 e. The minimum Gasteiger partial charge on any atom is -0.296 e. The van der Waals surface area contributed by atoms with E-state index in [0.29, 0.717) is 25.2 Å². The van der Waals surface area contributed by atoms with E-state index in [1.54, 1.807) is 0 Å². The molecule has 0 aromatic carbocycles. The number of ketones is 1.